The number of nitrogens with zero attached hydrogens (tertiary/aromatic N) is 2. The molecule has 1 saturated heterocycles. The molecule has 7 heteroatoms. The Bertz CT molecular complexity index is 886. The number of aromatic nitrogens is 1. The topological polar surface area (TPSA) is 33.2 Å². The molecule has 30 heavy (non-hydrogen) atoms. The number of alkyl halides is 3. The molecule has 2 heterocycles. The van der Waals surface area contributed by atoms with Crippen LogP contribution >= 0.6 is 11.6 Å². The molecule has 0 aliphatic carbocycles. The highest BCUT2D eigenvalue weighted by atomic mass is 35.5. The first-order chi connectivity index (χ1) is 14.1. The molecule has 0 radical (unpaired) electrons. The van der Waals surface area contributed by atoms with Crippen LogP contribution < -0.4 is 0 Å². The Morgan fingerprint density at radius 1 is 1.30 bits per heavy atom. The van der Waals surface area contributed by atoms with E-state index in [1.807, 2.05) is 0 Å². The lowest BCUT2D eigenvalue weighted by molar-refractivity contribution is -0.169. The maximum absolute atomic E-state index is 13.6. The van der Waals surface area contributed by atoms with Gasteiger partial charge in [-0.3, -0.25) is 9.78 Å². The standard InChI is InChI=1S/C23H24ClF3N2O/c1-3-12-22(2)13-11-19(16-7-9-17(24)10-8-16)29(21(22)30)20(15-23(25,26)27)18-6-4-5-14-28-18/h3-10,14,19-20H,1,11-13,15H2,2H3/t19?,20-,22-/m0/s1. The molecule has 0 spiro atoms. The van der Waals surface area contributed by atoms with Gasteiger partial charge in [-0.15, -0.1) is 6.58 Å². The number of amides is 1. The number of piperidine rings is 1. The molecule has 3 atom stereocenters. The molecule has 160 valence electrons. The molecule has 0 bridgehead atoms. The van der Waals surface area contributed by atoms with Crippen molar-refractivity contribution in [1.29, 1.82) is 0 Å². The molecule has 1 aromatic heterocycles. The zero-order valence-electron chi connectivity index (χ0n) is 16.7. The highest BCUT2D eigenvalue weighted by Gasteiger charge is 2.49. The number of carbonyl (C=O) groups is 1. The fourth-order valence-corrected chi connectivity index (χ4v) is 4.30. The normalized spacial score (nSPS) is 23.3. The van der Waals surface area contributed by atoms with Gasteiger partial charge in [-0.1, -0.05) is 42.8 Å². The van der Waals surface area contributed by atoms with Gasteiger partial charge in [0.25, 0.3) is 0 Å². The first-order valence-electron chi connectivity index (χ1n) is 9.81. The van der Waals surface area contributed by atoms with Crippen molar-refractivity contribution in [2.45, 2.75) is 50.9 Å². The Morgan fingerprint density at radius 2 is 2.00 bits per heavy atom. The van der Waals surface area contributed by atoms with Crippen LogP contribution in [0, 0.1) is 5.41 Å². The molecule has 3 rings (SSSR count). The van der Waals surface area contributed by atoms with Gasteiger partial charge in [-0.2, -0.15) is 13.2 Å². The Labute approximate surface area is 179 Å². The molecule has 1 aromatic carbocycles. The SMILES string of the molecule is C=CC[C@@]1(C)CCC(c2ccc(Cl)cc2)N([C@@H](CC(F)(F)F)c2ccccn2)C1=O. The van der Waals surface area contributed by atoms with Crippen molar-refractivity contribution < 1.29 is 18.0 Å². The smallest absolute Gasteiger partial charge is 0.326 e. The van der Waals surface area contributed by atoms with Crippen molar-refractivity contribution in [2.75, 3.05) is 0 Å². The largest absolute Gasteiger partial charge is 0.391 e. The zero-order valence-corrected chi connectivity index (χ0v) is 17.5. The summed E-state index contributed by atoms with van der Waals surface area (Å²) >= 11 is 6.00. The van der Waals surface area contributed by atoms with E-state index in [0.717, 1.165) is 5.56 Å². The lowest BCUT2D eigenvalue weighted by Gasteiger charge is -2.48. The maximum Gasteiger partial charge on any atom is 0.391 e. The fraction of sp³-hybridized carbons (Fsp3) is 0.391. The molecule has 1 amide bonds. The van der Waals surface area contributed by atoms with Crippen LogP contribution in [0.1, 0.15) is 55.9 Å². The van der Waals surface area contributed by atoms with Crippen LogP contribution in [0.5, 0.6) is 0 Å². The summed E-state index contributed by atoms with van der Waals surface area (Å²) in [4.78, 5) is 19.2. The summed E-state index contributed by atoms with van der Waals surface area (Å²) in [6.45, 7) is 5.53. The predicted octanol–water partition coefficient (Wildman–Crippen LogP) is 6.67. The maximum atomic E-state index is 13.6. The van der Waals surface area contributed by atoms with Gasteiger partial charge in [-0.05, 0) is 49.1 Å². The highest BCUT2D eigenvalue weighted by Crippen LogP contribution is 2.48. The number of pyridine rings is 1. The number of benzene rings is 1. The minimum Gasteiger partial charge on any atom is -0.326 e. The number of hydrogen-bond acceptors (Lipinski definition) is 2. The third kappa shape index (κ3) is 4.86. The van der Waals surface area contributed by atoms with Gasteiger partial charge in [-0.25, -0.2) is 0 Å². The third-order valence-corrected chi connectivity index (χ3v) is 5.95. The number of hydrogen-bond donors (Lipinski definition) is 0. The molecule has 1 aliphatic rings. The molecule has 1 fully saturated rings. The van der Waals surface area contributed by atoms with Gasteiger partial charge in [0.1, 0.15) is 0 Å². The van der Waals surface area contributed by atoms with Gasteiger partial charge >= 0.3 is 6.18 Å². The van der Waals surface area contributed by atoms with Crippen molar-refractivity contribution in [3.05, 3.63) is 77.6 Å². The average Bonchev–Trinajstić information content (AvgIpc) is 2.70. The van der Waals surface area contributed by atoms with E-state index in [1.54, 1.807) is 55.5 Å². The first kappa shape index (κ1) is 22.3. The monoisotopic (exact) mass is 436 g/mol. The molecule has 1 unspecified atom stereocenters. The van der Waals surface area contributed by atoms with Gasteiger partial charge in [0.2, 0.25) is 5.91 Å². The minimum atomic E-state index is -4.46. The van der Waals surface area contributed by atoms with Crippen molar-refractivity contribution in [2.24, 2.45) is 5.41 Å². The van der Waals surface area contributed by atoms with E-state index in [2.05, 4.69) is 11.6 Å². The summed E-state index contributed by atoms with van der Waals surface area (Å²) in [5.41, 5.74) is 0.185. The number of allylic oxidation sites excluding steroid dienone is 1. The van der Waals surface area contributed by atoms with Crippen molar-refractivity contribution in [1.82, 2.24) is 9.88 Å². The molecule has 3 nitrogen and oxygen atoms in total. The fourth-order valence-electron chi connectivity index (χ4n) is 4.17. The highest BCUT2D eigenvalue weighted by molar-refractivity contribution is 6.30. The first-order valence-corrected chi connectivity index (χ1v) is 10.2. The second-order valence-corrected chi connectivity index (χ2v) is 8.40. The summed E-state index contributed by atoms with van der Waals surface area (Å²) in [5.74, 6) is -0.312. The minimum absolute atomic E-state index is 0.227. The van der Waals surface area contributed by atoms with Gasteiger partial charge in [0, 0.05) is 11.2 Å². The van der Waals surface area contributed by atoms with E-state index in [1.165, 1.54) is 11.1 Å². The number of carbonyl (C=O) groups excluding carboxylic acids is 1. The van der Waals surface area contributed by atoms with Crippen LogP contribution in [0.25, 0.3) is 0 Å². The average molecular weight is 437 g/mol. The van der Waals surface area contributed by atoms with Gasteiger partial charge in [0.05, 0.1) is 29.6 Å². The summed E-state index contributed by atoms with van der Waals surface area (Å²) in [7, 11) is 0. The van der Waals surface area contributed by atoms with E-state index in [-0.39, 0.29) is 11.6 Å². The van der Waals surface area contributed by atoms with Crippen LogP contribution in [0.2, 0.25) is 5.02 Å². The summed E-state index contributed by atoms with van der Waals surface area (Å²) in [6, 6.07) is 10.0. The van der Waals surface area contributed by atoms with Crippen LogP contribution in [-0.4, -0.2) is 22.0 Å². The second kappa shape index (κ2) is 8.80. The summed E-state index contributed by atoms with van der Waals surface area (Å²) in [5, 5.41) is 0.528. The van der Waals surface area contributed by atoms with E-state index in [4.69, 9.17) is 11.6 Å². The van der Waals surface area contributed by atoms with E-state index in [9.17, 15) is 18.0 Å². The molecule has 0 saturated carbocycles. The van der Waals surface area contributed by atoms with Crippen molar-refractivity contribution in [3.63, 3.8) is 0 Å². The van der Waals surface area contributed by atoms with E-state index >= 15 is 0 Å². The van der Waals surface area contributed by atoms with Gasteiger partial charge in [0.15, 0.2) is 0 Å². The second-order valence-electron chi connectivity index (χ2n) is 7.96. The van der Waals surface area contributed by atoms with Crippen LogP contribution in [0.3, 0.4) is 0 Å². The summed E-state index contributed by atoms with van der Waals surface area (Å²) in [6.07, 6.45) is -1.02. The Kier molecular flexibility index (Phi) is 6.56. The zero-order chi connectivity index (χ0) is 21.9. The Hall–Kier alpha value is -2.34. The quantitative estimate of drug-likeness (QED) is 0.473. The predicted molar refractivity (Wildman–Crippen MR) is 111 cm³/mol. The third-order valence-electron chi connectivity index (χ3n) is 5.70. The van der Waals surface area contributed by atoms with Crippen LogP contribution in [0.15, 0.2) is 61.3 Å². The van der Waals surface area contributed by atoms with Crippen molar-refractivity contribution >= 4 is 17.5 Å². The summed E-state index contributed by atoms with van der Waals surface area (Å²) < 4.78 is 40.8. The Balaban J connectivity index is 2.12. The van der Waals surface area contributed by atoms with Crippen LogP contribution in [0.4, 0.5) is 13.2 Å². The van der Waals surface area contributed by atoms with E-state index in [0.29, 0.717) is 24.3 Å². The molecule has 1 aliphatic heterocycles. The van der Waals surface area contributed by atoms with Crippen molar-refractivity contribution in [3.8, 4) is 0 Å². The molecular weight excluding hydrogens is 413 g/mol. The molecule has 2 aromatic rings. The number of halogens is 4. The Morgan fingerprint density at radius 3 is 2.57 bits per heavy atom. The molecule has 0 N–H and O–H groups in total. The number of rotatable bonds is 6. The van der Waals surface area contributed by atoms with E-state index < -0.39 is 30.1 Å². The number of likely N-dealkylation sites (tertiary alicyclic amines) is 1. The van der Waals surface area contributed by atoms with Crippen LogP contribution in [-0.2, 0) is 4.79 Å². The van der Waals surface area contributed by atoms with Gasteiger partial charge < -0.3 is 4.90 Å². The molecular formula is C23H24ClF3N2O. The lowest BCUT2D eigenvalue weighted by Crippen LogP contribution is -2.51. The lowest BCUT2D eigenvalue weighted by atomic mass is 9.74.